The molecule has 6 heteroatoms. The lowest BCUT2D eigenvalue weighted by atomic mass is 9.71. The molecule has 0 saturated carbocycles. The van der Waals surface area contributed by atoms with Gasteiger partial charge in [0, 0.05) is 46.0 Å². The summed E-state index contributed by atoms with van der Waals surface area (Å²) in [6.45, 7) is 7.95. The number of quaternary nitrogens is 1. The molecule has 4 heterocycles. The summed E-state index contributed by atoms with van der Waals surface area (Å²) in [5.41, 5.74) is 4.68. The van der Waals surface area contributed by atoms with Crippen molar-refractivity contribution in [1.82, 2.24) is 4.98 Å². The van der Waals surface area contributed by atoms with Crippen LogP contribution in [0.3, 0.4) is 0 Å². The highest BCUT2D eigenvalue weighted by Crippen LogP contribution is 2.49. The van der Waals surface area contributed by atoms with Crippen molar-refractivity contribution in [3.05, 3.63) is 124 Å². The summed E-state index contributed by atoms with van der Waals surface area (Å²) in [6, 6.07) is 27.3. The first-order valence-corrected chi connectivity index (χ1v) is 14.2. The van der Waals surface area contributed by atoms with E-state index in [1.54, 1.807) is 0 Å². The molecule has 0 amide bonds. The molecule has 0 radical (unpaired) electrons. The van der Waals surface area contributed by atoms with Gasteiger partial charge >= 0.3 is 0 Å². The number of pyridine rings is 1. The van der Waals surface area contributed by atoms with Gasteiger partial charge in [-0.1, -0.05) is 71.7 Å². The fraction of sp³-hybridized carbons (Fsp3) is 0.303. The highest BCUT2D eigenvalue weighted by Gasteiger charge is 2.54. The van der Waals surface area contributed by atoms with Crippen LogP contribution >= 0.6 is 23.2 Å². The Morgan fingerprint density at radius 1 is 0.949 bits per heavy atom. The van der Waals surface area contributed by atoms with Gasteiger partial charge < -0.3 is 26.2 Å². The SMILES string of the molecule is C=C[C@H]1C[N+]2(Cc3ccc(Cl)cc3)CC[C@H]1C[C@H]2[C@H](OCc1ccc(Cl)cc1)c1ccnc2ccccc12.[Br-]. The number of rotatable bonds is 8. The van der Waals surface area contributed by atoms with Crippen LogP contribution in [0, 0.1) is 11.8 Å². The van der Waals surface area contributed by atoms with Gasteiger partial charge in [-0.3, -0.25) is 4.98 Å². The minimum atomic E-state index is -0.0700. The van der Waals surface area contributed by atoms with Crippen LogP contribution in [-0.4, -0.2) is 28.6 Å². The molecule has 0 spiro atoms. The van der Waals surface area contributed by atoms with Gasteiger partial charge in [-0.05, 0) is 53.4 Å². The molecule has 0 aliphatic carbocycles. The van der Waals surface area contributed by atoms with Crippen LogP contribution in [-0.2, 0) is 17.9 Å². The average Bonchev–Trinajstić information content (AvgIpc) is 2.96. The fourth-order valence-corrected chi connectivity index (χ4v) is 7.11. The van der Waals surface area contributed by atoms with E-state index in [4.69, 9.17) is 27.9 Å². The molecule has 5 atom stereocenters. The van der Waals surface area contributed by atoms with E-state index in [0.717, 1.165) is 51.7 Å². The fourth-order valence-electron chi connectivity index (χ4n) is 6.86. The van der Waals surface area contributed by atoms with Crippen molar-refractivity contribution in [3.8, 4) is 0 Å². The second kappa shape index (κ2) is 12.1. The molecule has 3 fully saturated rings. The Hall–Kier alpha value is -2.21. The molecule has 0 N–H and O–H groups in total. The molecule has 1 aromatic heterocycles. The summed E-state index contributed by atoms with van der Waals surface area (Å²) in [4.78, 5) is 4.66. The van der Waals surface area contributed by atoms with E-state index in [0.29, 0.717) is 24.5 Å². The van der Waals surface area contributed by atoms with Crippen molar-refractivity contribution in [2.45, 2.75) is 38.1 Å². The monoisotopic (exact) mass is 622 g/mol. The number of ether oxygens (including phenoxy) is 1. The number of hydrogen-bond acceptors (Lipinski definition) is 2. The number of piperidine rings is 3. The van der Waals surface area contributed by atoms with Gasteiger partial charge in [0.15, 0.2) is 0 Å². The van der Waals surface area contributed by atoms with Gasteiger partial charge in [0.25, 0.3) is 0 Å². The molecule has 3 saturated heterocycles. The summed E-state index contributed by atoms with van der Waals surface area (Å²) in [6.07, 6.45) is 6.40. The standard InChI is InChI=1S/C33H33Cl2N2O.BrH/c1-2-25-21-37(20-23-7-11-27(34)12-8-23)18-16-26(25)19-32(37)33(38-22-24-9-13-28(35)14-10-24)30-15-17-36-31-6-4-3-5-29(30)31;/h2-15,17,25-26,32-33H,1,16,18-22H2;1H/q+1;/p-1/t25-,26-,32-,33+,37?;/m0./s1. The largest absolute Gasteiger partial charge is 1.00 e. The van der Waals surface area contributed by atoms with E-state index in [-0.39, 0.29) is 23.1 Å². The predicted molar refractivity (Wildman–Crippen MR) is 156 cm³/mol. The Bertz CT molecular complexity index is 1420. The minimum absolute atomic E-state index is 0. The molecular weight excluding hydrogens is 591 g/mol. The number of para-hydroxylation sites is 1. The van der Waals surface area contributed by atoms with Crippen molar-refractivity contribution in [2.24, 2.45) is 11.8 Å². The zero-order valence-corrected chi connectivity index (χ0v) is 25.0. The van der Waals surface area contributed by atoms with Crippen LogP contribution in [0.4, 0.5) is 0 Å². The molecular formula is C33H33BrCl2N2O. The van der Waals surface area contributed by atoms with Crippen LogP contribution < -0.4 is 17.0 Å². The maximum Gasteiger partial charge on any atom is 0.135 e. The van der Waals surface area contributed by atoms with E-state index >= 15 is 0 Å². The molecule has 1 unspecified atom stereocenters. The summed E-state index contributed by atoms with van der Waals surface area (Å²) in [7, 11) is 0. The van der Waals surface area contributed by atoms with E-state index in [9.17, 15) is 0 Å². The van der Waals surface area contributed by atoms with E-state index in [1.807, 2.05) is 30.5 Å². The van der Waals surface area contributed by atoms with E-state index in [2.05, 4.69) is 72.2 Å². The third-order valence-electron chi connectivity index (χ3n) is 8.77. The summed E-state index contributed by atoms with van der Waals surface area (Å²) >= 11 is 12.4. The molecule has 3 nitrogen and oxygen atoms in total. The molecule has 2 bridgehead atoms. The van der Waals surface area contributed by atoms with Crippen LogP contribution in [0.1, 0.15) is 35.6 Å². The molecule has 3 aliphatic rings. The van der Waals surface area contributed by atoms with Gasteiger partial charge in [-0.15, -0.1) is 6.58 Å². The second-order valence-corrected chi connectivity index (χ2v) is 11.8. The number of fused-ring (bicyclic) bond motifs is 4. The zero-order valence-electron chi connectivity index (χ0n) is 21.9. The van der Waals surface area contributed by atoms with Gasteiger partial charge in [0.05, 0.1) is 25.2 Å². The Morgan fingerprint density at radius 3 is 2.36 bits per heavy atom. The van der Waals surface area contributed by atoms with Crippen LogP contribution in [0.2, 0.25) is 10.0 Å². The Kier molecular flexibility index (Phi) is 8.80. The highest BCUT2D eigenvalue weighted by atomic mass is 79.9. The van der Waals surface area contributed by atoms with E-state index < -0.39 is 0 Å². The van der Waals surface area contributed by atoms with Crippen molar-refractivity contribution in [1.29, 1.82) is 0 Å². The van der Waals surface area contributed by atoms with Gasteiger partial charge in [0.1, 0.15) is 18.7 Å². The van der Waals surface area contributed by atoms with Crippen molar-refractivity contribution in [2.75, 3.05) is 13.1 Å². The Morgan fingerprint density at radius 2 is 1.64 bits per heavy atom. The zero-order chi connectivity index (χ0) is 26.1. The lowest BCUT2D eigenvalue weighted by Crippen LogP contribution is -3.00. The maximum atomic E-state index is 6.97. The lowest BCUT2D eigenvalue weighted by Gasteiger charge is -2.58. The van der Waals surface area contributed by atoms with Crippen molar-refractivity contribution >= 4 is 34.1 Å². The molecule has 3 aliphatic heterocycles. The molecule has 202 valence electrons. The molecule has 4 aromatic rings. The van der Waals surface area contributed by atoms with Crippen molar-refractivity contribution < 1.29 is 26.2 Å². The quantitative estimate of drug-likeness (QED) is 0.193. The smallest absolute Gasteiger partial charge is 0.135 e. The van der Waals surface area contributed by atoms with Gasteiger partial charge in [0.2, 0.25) is 0 Å². The second-order valence-electron chi connectivity index (χ2n) is 10.9. The average molecular weight is 624 g/mol. The van der Waals surface area contributed by atoms with Gasteiger partial charge in [-0.25, -0.2) is 0 Å². The normalized spacial score (nSPS) is 24.7. The van der Waals surface area contributed by atoms with Gasteiger partial charge in [-0.2, -0.15) is 0 Å². The minimum Gasteiger partial charge on any atom is -1.00 e. The Balaban J connectivity index is 0.00000308. The first kappa shape index (κ1) is 28.3. The topological polar surface area (TPSA) is 22.1 Å². The highest BCUT2D eigenvalue weighted by molar-refractivity contribution is 6.30. The summed E-state index contributed by atoms with van der Waals surface area (Å²) < 4.78 is 7.97. The first-order chi connectivity index (χ1) is 18.5. The Labute approximate surface area is 251 Å². The van der Waals surface area contributed by atoms with Crippen LogP contribution in [0.25, 0.3) is 10.9 Å². The first-order valence-electron chi connectivity index (χ1n) is 13.5. The number of nitrogens with zero attached hydrogens (tertiary/aromatic N) is 2. The number of halogens is 3. The lowest BCUT2D eigenvalue weighted by molar-refractivity contribution is -0.985. The third kappa shape index (κ3) is 5.82. The number of benzene rings is 3. The van der Waals surface area contributed by atoms with Crippen LogP contribution in [0.5, 0.6) is 0 Å². The van der Waals surface area contributed by atoms with E-state index in [1.165, 1.54) is 22.9 Å². The van der Waals surface area contributed by atoms with Crippen LogP contribution in [0.15, 0.2) is 97.7 Å². The third-order valence-corrected chi connectivity index (χ3v) is 9.27. The maximum absolute atomic E-state index is 6.97. The molecule has 7 rings (SSSR count). The summed E-state index contributed by atoms with van der Waals surface area (Å²) in [5, 5.41) is 2.69. The molecule has 39 heavy (non-hydrogen) atoms. The van der Waals surface area contributed by atoms with Crippen molar-refractivity contribution in [3.63, 3.8) is 0 Å². The predicted octanol–water partition coefficient (Wildman–Crippen LogP) is 5.41. The summed E-state index contributed by atoms with van der Waals surface area (Å²) in [5.74, 6) is 1.16. The molecule has 3 aromatic carbocycles. The number of hydrogen-bond donors (Lipinski definition) is 0. The number of aromatic nitrogens is 1.